The van der Waals surface area contributed by atoms with E-state index in [2.05, 4.69) is 23.3 Å². The van der Waals surface area contributed by atoms with E-state index in [0.29, 0.717) is 0 Å². The molecule has 0 saturated carbocycles. The van der Waals surface area contributed by atoms with Crippen molar-refractivity contribution in [1.29, 1.82) is 0 Å². The van der Waals surface area contributed by atoms with Gasteiger partial charge in [0.1, 0.15) is 5.75 Å². The molecule has 0 spiro atoms. The number of rotatable bonds is 5. The van der Waals surface area contributed by atoms with Crippen molar-refractivity contribution < 1.29 is 4.74 Å². The predicted molar refractivity (Wildman–Crippen MR) is 72.5 cm³/mol. The van der Waals surface area contributed by atoms with Crippen LogP contribution in [-0.4, -0.2) is 12.1 Å². The number of hydrogen-bond acceptors (Lipinski definition) is 3. The van der Waals surface area contributed by atoms with E-state index in [0.717, 1.165) is 18.0 Å². The third kappa shape index (κ3) is 3.31. The Morgan fingerprint density at radius 3 is 2.83 bits per heavy atom. The third-order valence-corrected chi connectivity index (χ3v) is 2.88. The van der Waals surface area contributed by atoms with Gasteiger partial charge >= 0.3 is 0 Å². The van der Waals surface area contributed by atoms with Gasteiger partial charge in [-0.2, -0.15) is 0 Å². The molecular weight excluding hydrogens is 224 g/mol. The van der Waals surface area contributed by atoms with Crippen LogP contribution in [-0.2, 0) is 6.54 Å². The zero-order chi connectivity index (χ0) is 12.8. The lowest BCUT2D eigenvalue weighted by Crippen LogP contribution is -2.18. The Kier molecular flexibility index (Phi) is 4.31. The Balaban J connectivity index is 1.95. The quantitative estimate of drug-likeness (QED) is 0.875. The van der Waals surface area contributed by atoms with Crippen LogP contribution in [0.25, 0.3) is 0 Å². The van der Waals surface area contributed by atoms with Crippen LogP contribution in [0.3, 0.4) is 0 Å². The van der Waals surface area contributed by atoms with Crippen molar-refractivity contribution in [2.24, 2.45) is 0 Å². The highest BCUT2D eigenvalue weighted by atomic mass is 16.5. The molecule has 1 aromatic carbocycles. The summed E-state index contributed by atoms with van der Waals surface area (Å²) in [6, 6.07) is 14.3. The fourth-order valence-electron chi connectivity index (χ4n) is 1.79. The Labute approximate surface area is 108 Å². The van der Waals surface area contributed by atoms with E-state index in [4.69, 9.17) is 4.74 Å². The standard InChI is InChI=1S/C15H18N2O/c1-12(15-8-3-4-9-16-15)17-11-13-6-5-7-14(10-13)18-2/h3-10,12,17H,11H2,1-2H3/t12-/m1/s1. The first-order valence-electron chi connectivity index (χ1n) is 6.07. The molecule has 94 valence electrons. The Morgan fingerprint density at radius 2 is 2.11 bits per heavy atom. The first-order chi connectivity index (χ1) is 8.79. The van der Waals surface area contributed by atoms with E-state index in [9.17, 15) is 0 Å². The molecule has 0 aliphatic carbocycles. The number of methoxy groups -OCH3 is 1. The maximum atomic E-state index is 5.21. The van der Waals surface area contributed by atoms with Crippen LogP contribution in [0.5, 0.6) is 5.75 Å². The van der Waals surface area contributed by atoms with Gasteiger partial charge < -0.3 is 10.1 Å². The highest BCUT2D eigenvalue weighted by molar-refractivity contribution is 5.28. The van der Waals surface area contributed by atoms with Gasteiger partial charge in [0.15, 0.2) is 0 Å². The lowest BCUT2D eigenvalue weighted by atomic mass is 10.1. The zero-order valence-corrected chi connectivity index (χ0v) is 10.8. The molecule has 3 heteroatoms. The third-order valence-electron chi connectivity index (χ3n) is 2.88. The highest BCUT2D eigenvalue weighted by Crippen LogP contribution is 2.14. The molecule has 0 aliphatic heterocycles. The molecule has 1 aromatic heterocycles. The van der Waals surface area contributed by atoms with Crippen molar-refractivity contribution in [3.63, 3.8) is 0 Å². The van der Waals surface area contributed by atoms with Gasteiger partial charge in [0.05, 0.1) is 12.8 Å². The lowest BCUT2D eigenvalue weighted by molar-refractivity contribution is 0.414. The number of pyridine rings is 1. The van der Waals surface area contributed by atoms with Gasteiger partial charge in [-0.25, -0.2) is 0 Å². The topological polar surface area (TPSA) is 34.1 Å². The van der Waals surface area contributed by atoms with E-state index in [1.54, 1.807) is 7.11 Å². The molecule has 2 rings (SSSR count). The molecule has 18 heavy (non-hydrogen) atoms. The van der Waals surface area contributed by atoms with Crippen LogP contribution in [0.4, 0.5) is 0 Å². The van der Waals surface area contributed by atoms with Gasteiger partial charge in [0, 0.05) is 18.8 Å². The van der Waals surface area contributed by atoms with Crippen molar-refractivity contribution in [3.05, 3.63) is 59.9 Å². The molecule has 2 aromatic rings. The van der Waals surface area contributed by atoms with Crippen molar-refractivity contribution in [1.82, 2.24) is 10.3 Å². The number of nitrogens with one attached hydrogen (secondary N) is 1. The average Bonchev–Trinajstić information content (AvgIpc) is 2.46. The minimum absolute atomic E-state index is 0.234. The van der Waals surface area contributed by atoms with Crippen molar-refractivity contribution >= 4 is 0 Å². The fraction of sp³-hybridized carbons (Fsp3) is 0.267. The molecule has 3 nitrogen and oxygen atoms in total. The summed E-state index contributed by atoms with van der Waals surface area (Å²) >= 11 is 0. The average molecular weight is 242 g/mol. The largest absolute Gasteiger partial charge is 0.497 e. The molecule has 0 bridgehead atoms. The van der Waals surface area contributed by atoms with E-state index >= 15 is 0 Å². The molecule has 1 heterocycles. The normalized spacial score (nSPS) is 12.1. The summed E-state index contributed by atoms with van der Waals surface area (Å²) in [5.74, 6) is 0.889. The number of benzene rings is 1. The first kappa shape index (κ1) is 12.6. The number of nitrogens with zero attached hydrogens (tertiary/aromatic N) is 1. The summed E-state index contributed by atoms with van der Waals surface area (Å²) < 4.78 is 5.21. The smallest absolute Gasteiger partial charge is 0.119 e. The molecule has 0 saturated heterocycles. The maximum Gasteiger partial charge on any atom is 0.119 e. The molecule has 0 aliphatic rings. The molecule has 0 fully saturated rings. The molecule has 1 atom stereocenters. The SMILES string of the molecule is COc1cccc(CN[C@H](C)c2ccccn2)c1. The minimum Gasteiger partial charge on any atom is -0.497 e. The van der Waals surface area contributed by atoms with Crippen LogP contribution in [0.15, 0.2) is 48.7 Å². The molecule has 0 amide bonds. The highest BCUT2D eigenvalue weighted by Gasteiger charge is 2.05. The molecular formula is C15H18N2O. The monoisotopic (exact) mass is 242 g/mol. The lowest BCUT2D eigenvalue weighted by Gasteiger charge is -2.13. The summed E-state index contributed by atoms with van der Waals surface area (Å²) in [5.41, 5.74) is 2.26. The summed E-state index contributed by atoms with van der Waals surface area (Å²) in [5, 5.41) is 3.45. The maximum absolute atomic E-state index is 5.21. The molecule has 0 unspecified atom stereocenters. The summed E-state index contributed by atoms with van der Waals surface area (Å²) in [4.78, 5) is 4.34. The number of hydrogen-bond donors (Lipinski definition) is 1. The van der Waals surface area contributed by atoms with Crippen molar-refractivity contribution in [3.8, 4) is 5.75 Å². The Morgan fingerprint density at radius 1 is 1.22 bits per heavy atom. The van der Waals surface area contributed by atoms with Crippen molar-refractivity contribution in [2.75, 3.05) is 7.11 Å². The van der Waals surface area contributed by atoms with Gasteiger partial charge in [0.25, 0.3) is 0 Å². The first-order valence-corrected chi connectivity index (χ1v) is 6.07. The van der Waals surface area contributed by atoms with E-state index in [-0.39, 0.29) is 6.04 Å². The van der Waals surface area contributed by atoms with Gasteiger partial charge in [-0.1, -0.05) is 18.2 Å². The molecule has 0 radical (unpaired) electrons. The fourth-order valence-corrected chi connectivity index (χ4v) is 1.79. The van der Waals surface area contributed by atoms with Crippen LogP contribution in [0.2, 0.25) is 0 Å². The van der Waals surface area contributed by atoms with Crippen molar-refractivity contribution in [2.45, 2.75) is 19.5 Å². The second-order valence-corrected chi connectivity index (χ2v) is 4.21. The number of ether oxygens (including phenoxy) is 1. The van der Waals surface area contributed by atoms with E-state index < -0.39 is 0 Å². The molecule has 1 N–H and O–H groups in total. The number of aromatic nitrogens is 1. The van der Waals surface area contributed by atoms with Crippen LogP contribution >= 0.6 is 0 Å². The zero-order valence-electron chi connectivity index (χ0n) is 10.8. The van der Waals surface area contributed by atoms with Crippen LogP contribution < -0.4 is 10.1 Å². The van der Waals surface area contributed by atoms with Crippen LogP contribution in [0, 0.1) is 0 Å². The van der Waals surface area contributed by atoms with Gasteiger partial charge in [-0.05, 0) is 36.8 Å². The van der Waals surface area contributed by atoms with Crippen LogP contribution in [0.1, 0.15) is 24.2 Å². The van der Waals surface area contributed by atoms with E-state index in [1.807, 2.05) is 42.6 Å². The van der Waals surface area contributed by atoms with Gasteiger partial charge in [-0.3, -0.25) is 4.98 Å². The van der Waals surface area contributed by atoms with E-state index in [1.165, 1.54) is 5.56 Å². The Hall–Kier alpha value is -1.87. The summed E-state index contributed by atoms with van der Waals surface area (Å²) in [7, 11) is 1.68. The Bertz CT molecular complexity index is 485. The minimum atomic E-state index is 0.234. The van der Waals surface area contributed by atoms with Gasteiger partial charge in [-0.15, -0.1) is 0 Å². The summed E-state index contributed by atoms with van der Waals surface area (Å²) in [6.07, 6.45) is 1.82. The second-order valence-electron chi connectivity index (χ2n) is 4.21. The van der Waals surface area contributed by atoms with Gasteiger partial charge in [0.2, 0.25) is 0 Å². The second kappa shape index (κ2) is 6.17. The predicted octanol–water partition coefficient (Wildman–Crippen LogP) is 2.94. The summed E-state index contributed by atoms with van der Waals surface area (Å²) in [6.45, 7) is 2.91.